The Labute approximate surface area is 178 Å². The molecular formula is C10H20O18P4. The highest BCUT2D eigenvalue weighted by molar-refractivity contribution is 7.47. The normalized spacial score (nSPS) is 38.5. The van der Waals surface area contributed by atoms with Crippen LogP contribution in [-0.4, -0.2) is 81.6 Å². The van der Waals surface area contributed by atoms with Crippen LogP contribution in [0.1, 0.15) is 19.3 Å². The third-order valence-corrected chi connectivity index (χ3v) is 6.95. The number of rotatable bonds is 8. The van der Waals surface area contributed by atoms with E-state index in [9.17, 15) is 57.4 Å². The molecule has 0 radical (unpaired) electrons. The summed E-state index contributed by atoms with van der Waals surface area (Å²) in [5.41, 5.74) is -2.06. The van der Waals surface area contributed by atoms with Crippen LogP contribution in [0.2, 0.25) is 0 Å². The molecule has 22 heteroatoms. The van der Waals surface area contributed by atoms with Gasteiger partial charge in [-0.3, -0.25) is 18.1 Å². The Morgan fingerprint density at radius 1 is 0.688 bits per heavy atom. The minimum atomic E-state index is -5.60. The Bertz CT molecular complexity index is 899. The molecule has 188 valence electrons. The number of ether oxygens (including phenoxy) is 2. The monoisotopic (exact) mass is 552 g/mol. The Morgan fingerprint density at radius 3 is 1.66 bits per heavy atom. The molecular weight excluding hydrogens is 532 g/mol. The molecule has 0 aromatic rings. The summed E-state index contributed by atoms with van der Waals surface area (Å²) >= 11 is 0. The molecule has 2 saturated heterocycles. The van der Waals surface area contributed by atoms with Crippen molar-refractivity contribution in [1.29, 1.82) is 0 Å². The average Bonchev–Trinajstić information content (AvgIpc) is 2.81. The molecule has 0 aromatic heterocycles. The molecule has 32 heavy (non-hydrogen) atoms. The van der Waals surface area contributed by atoms with Crippen LogP contribution in [-0.2, 0) is 45.8 Å². The van der Waals surface area contributed by atoms with Crippen molar-refractivity contribution < 1.29 is 85.0 Å². The molecule has 3 rings (SSSR count). The summed E-state index contributed by atoms with van der Waals surface area (Å²) in [5.74, 6) is 0. The van der Waals surface area contributed by atoms with E-state index in [0.717, 1.165) is 0 Å². The summed E-state index contributed by atoms with van der Waals surface area (Å²) in [6, 6.07) is 0. The van der Waals surface area contributed by atoms with Crippen molar-refractivity contribution in [2.24, 2.45) is 0 Å². The highest BCUT2D eigenvalue weighted by Gasteiger charge is 2.71. The molecule has 0 amide bonds. The first-order valence-corrected chi connectivity index (χ1v) is 14.7. The van der Waals surface area contributed by atoms with Crippen LogP contribution in [0.5, 0.6) is 0 Å². The van der Waals surface area contributed by atoms with Crippen molar-refractivity contribution >= 4 is 31.3 Å². The highest BCUT2D eigenvalue weighted by Crippen LogP contribution is 2.60. The van der Waals surface area contributed by atoms with Gasteiger partial charge in [-0.25, -0.2) is 18.3 Å². The molecule has 1 saturated carbocycles. The molecule has 2 heterocycles. The van der Waals surface area contributed by atoms with E-state index in [1.54, 1.807) is 0 Å². The van der Waals surface area contributed by atoms with E-state index in [-0.39, 0.29) is 19.3 Å². The highest BCUT2D eigenvalue weighted by atomic mass is 31.2. The summed E-state index contributed by atoms with van der Waals surface area (Å²) in [6.07, 6.45) is -11.9. The lowest BCUT2D eigenvalue weighted by Gasteiger charge is -2.52. The fraction of sp³-hybridized carbons (Fsp3) is 1.00. The van der Waals surface area contributed by atoms with Crippen molar-refractivity contribution in [3.8, 4) is 0 Å². The molecule has 1 spiro atoms. The quantitative estimate of drug-likeness (QED) is 0.160. The van der Waals surface area contributed by atoms with E-state index in [2.05, 4.69) is 18.1 Å². The SMILES string of the molecule is O=P(O)(O)O[C@@H]1[C@@H](OP(=O)(O)O)[C@@H]2O[C@H]3CCC[C@@]2(O3)[C@H](OP(=O)(O)O)[C@H]1OP(=O)(O)O. The molecule has 7 atom stereocenters. The molecule has 2 bridgehead atoms. The second-order valence-corrected chi connectivity index (χ2v) is 11.9. The number of phosphoric acid groups is 4. The van der Waals surface area contributed by atoms with Gasteiger partial charge in [-0.1, -0.05) is 0 Å². The lowest BCUT2D eigenvalue weighted by molar-refractivity contribution is -0.226. The second kappa shape index (κ2) is 8.79. The standard InChI is InChI=1S/C10H20O18P4/c11-29(12,13)25-5-6(26-30(14,15)16)8-10(3-1-2-4(23-8)24-10)9(28-32(20,21)22)7(5)27-31(17,18)19/h4-9H,1-3H2,(H2,11,12,13)(H2,14,15,16)(H2,17,18,19)(H2,20,21,22)/t4-,5-,6-,7+,8+,9-,10+/m1/s1. The minimum Gasteiger partial charge on any atom is -0.343 e. The smallest absolute Gasteiger partial charge is 0.343 e. The van der Waals surface area contributed by atoms with Gasteiger partial charge in [0, 0.05) is 0 Å². The van der Waals surface area contributed by atoms with Gasteiger partial charge in [0.2, 0.25) is 0 Å². The third-order valence-electron chi connectivity index (χ3n) is 4.89. The summed E-state index contributed by atoms with van der Waals surface area (Å²) < 4.78 is 75.6. The van der Waals surface area contributed by atoms with Crippen LogP contribution in [0.3, 0.4) is 0 Å². The number of phosphoric ester groups is 4. The van der Waals surface area contributed by atoms with Crippen molar-refractivity contribution in [1.82, 2.24) is 0 Å². The van der Waals surface area contributed by atoms with E-state index in [4.69, 9.17) is 9.47 Å². The summed E-state index contributed by atoms with van der Waals surface area (Å²) in [7, 11) is -22.2. The Hall–Kier alpha value is 0.360. The maximum atomic E-state index is 11.6. The predicted molar refractivity (Wildman–Crippen MR) is 94.0 cm³/mol. The van der Waals surface area contributed by atoms with E-state index in [1.165, 1.54) is 0 Å². The Balaban J connectivity index is 2.20. The lowest BCUT2D eigenvalue weighted by atomic mass is 9.72. The van der Waals surface area contributed by atoms with Crippen LogP contribution in [0.15, 0.2) is 0 Å². The molecule has 0 aromatic carbocycles. The Morgan fingerprint density at radius 2 is 1.16 bits per heavy atom. The van der Waals surface area contributed by atoms with Gasteiger partial charge in [0.05, 0.1) is 0 Å². The topological polar surface area (TPSA) is 285 Å². The van der Waals surface area contributed by atoms with Gasteiger partial charge in [0.15, 0.2) is 6.29 Å². The summed E-state index contributed by atoms with van der Waals surface area (Å²) in [5, 5.41) is 0. The second-order valence-electron chi connectivity index (χ2n) is 7.15. The van der Waals surface area contributed by atoms with Gasteiger partial charge in [-0.05, 0) is 19.3 Å². The molecule has 3 fully saturated rings. The third kappa shape index (κ3) is 6.32. The van der Waals surface area contributed by atoms with Crippen LogP contribution < -0.4 is 0 Å². The molecule has 2 aliphatic heterocycles. The van der Waals surface area contributed by atoms with Gasteiger partial charge < -0.3 is 48.6 Å². The van der Waals surface area contributed by atoms with Crippen molar-refractivity contribution in [2.75, 3.05) is 0 Å². The first-order chi connectivity index (χ1) is 14.3. The predicted octanol–water partition coefficient (Wildman–Crippen LogP) is -1.42. The van der Waals surface area contributed by atoms with E-state index >= 15 is 0 Å². The van der Waals surface area contributed by atoms with Crippen LogP contribution in [0.4, 0.5) is 0 Å². The Kier molecular flexibility index (Phi) is 7.40. The van der Waals surface area contributed by atoms with E-state index < -0.39 is 73.7 Å². The van der Waals surface area contributed by atoms with Crippen molar-refractivity contribution in [3.63, 3.8) is 0 Å². The number of hydrogen-bond donors (Lipinski definition) is 8. The summed E-state index contributed by atoms with van der Waals surface area (Å²) in [4.78, 5) is 74.5. The number of hydrogen-bond acceptors (Lipinski definition) is 10. The van der Waals surface area contributed by atoms with Crippen LogP contribution >= 0.6 is 31.3 Å². The van der Waals surface area contributed by atoms with E-state index in [0.29, 0.717) is 0 Å². The zero-order chi connectivity index (χ0) is 24.3. The summed E-state index contributed by atoms with van der Waals surface area (Å²) in [6.45, 7) is 0. The fourth-order valence-electron chi connectivity index (χ4n) is 4.15. The van der Waals surface area contributed by atoms with Gasteiger partial charge in [0.1, 0.15) is 36.1 Å². The molecule has 1 aliphatic carbocycles. The molecule has 3 aliphatic rings. The van der Waals surface area contributed by atoms with Gasteiger partial charge in [-0.2, -0.15) is 0 Å². The molecule has 8 N–H and O–H groups in total. The average molecular weight is 552 g/mol. The minimum absolute atomic E-state index is 0.191. The first kappa shape index (κ1) is 27.0. The lowest BCUT2D eigenvalue weighted by Crippen LogP contribution is -2.71. The number of fused-ring (bicyclic) bond motifs is 1. The van der Waals surface area contributed by atoms with Crippen molar-refractivity contribution in [2.45, 2.75) is 61.7 Å². The molecule has 0 unspecified atom stereocenters. The van der Waals surface area contributed by atoms with Gasteiger partial charge in [-0.15, -0.1) is 0 Å². The van der Waals surface area contributed by atoms with Crippen molar-refractivity contribution in [3.05, 3.63) is 0 Å². The van der Waals surface area contributed by atoms with Crippen LogP contribution in [0, 0.1) is 0 Å². The maximum Gasteiger partial charge on any atom is 0.470 e. The molecule has 18 nitrogen and oxygen atoms in total. The first-order valence-electron chi connectivity index (χ1n) is 8.59. The fourth-order valence-corrected chi connectivity index (χ4v) is 6.40. The largest absolute Gasteiger partial charge is 0.470 e. The van der Waals surface area contributed by atoms with Gasteiger partial charge >= 0.3 is 31.3 Å². The zero-order valence-electron chi connectivity index (χ0n) is 15.5. The van der Waals surface area contributed by atoms with Crippen LogP contribution in [0.25, 0.3) is 0 Å². The van der Waals surface area contributed by atoms with Gasteiger partial charge in [0.25, 0.3) is 0 Å². The maximum absolute atomic E-state index is 11.6. The zero-order valence-corrected chi connectivity index (χ0v) is 19.1. The van der Waals surface area contributed by atoms with E-state index in [1.807, 2.05) is 0 Å².